The number of hydrogen-bond donors (Lipinski definition) is 1. The molecule has 1 heterocycles. The second-order valence-corrected chi connectivity index (χ2v) is 5.51. The molecule has 100 valence electrons. The predicted octanol–water partition coefficient (Wildman–Crippen LogP) is 3.19. The molecule has 0 atom stereocenters. The average Bonchev–Trinajstić information content (AvgIpc) is 2.41. The Balaban J connectivity index is 1.85. The second-order valence-electron chi connectivity index (χ2n) is 5.51. The molecule has 0 spiro atoms. The molecule has 1 aliphatic carbocycles. The van der Waals surface area contributed by atoms with Crippen LogP contribution < -0.4 is 0 Å². The molecule has 2 rings (SSSR count). The van der Waals surface area contributed by atoms with Crippen LogP contribution in [0.5, 0.6) is 5.75 Å². The van der Waals surface area contributed by atoms with E-state index in [-0.39, 0.29) is 5.75 Å². The van der Waals surface area contributed by atoms with Gasteiger partial charge in [0.2, 0.25) is 0 Å². The molecule has 0 aliphatic heterocycles. The van der Waals surface area contributed by atoms with Gasteiger partial charge >= 0.3 is 0 Å². The lowest BCUT2D eigenvalue weighted by molar-refractivity contribution is 0.156. The summed E-state index contributed by atoms with van der Waals surface area (Å²) in [6.07, 6.45) is 8.22. The van der Waals surface area contributed by atoms with E-state index in [9.17, 15) is 5.11 Å². The van der Waals surface area contributed by atoms with Crippen LogP contribution in [0.15, 0.2) is 18.3 Å². The lowest BCUT2D eigenvalue weighted by Crippen LogP contribution is -2.34. The van der Waals surface area contributed by atoms with E-state index >= 15 is 0 Å². The van der Waals surface area contributed by atoms with Crippen LogP contribution in [-0.2, 0) is 6.54 Å². The maximum atomic E-state index is 9.22. The van der Waals surface area contributed by atoms with Crippen molar-refractivity contribution in [3.8, 4) is 5.75 Å². The van der Waals surface area contributed by atoms with Crippen molar-refractivity contribution in [2.75, 3.05) is 7.05 Å². The van der Waals surface area contributed by atoms with E-state index in [1.807, 2.05) is 6.07 Å². The third-order valence-electron chi connectivity index (χ3n) is 4.24. The fourth-order valence-corrected chi connectivity index (χ4v) is 2.89. The summed E-state index contributed by atoms with van der Waals surface area (Å²) in [6.45, 7) is 3.18. The summed E-state index contributed by atoms with van der Waals surface area (Å²) < 4.78 is 0. The van der Waals surface area contributed by atoms with E-state index in [2.05, 4.69) is 23.9 Å². The Hall–Kier alpha value is -1.09. The highest BCUT2D eigenvalue weighted by Crippen LogP contribution is 2.29. The van der Waals surface area contributed by atoms with E-state index in [1.54, 1.807) is 6.07 Å². The average molecular weight is 248 g/mol. The van der Waals surface area contributed by atoms with Gasteiger partial charge in [-0.1, -0.05) is 13.3 Å². The molecule has 0 radical (unpaired) electrons. The van der Waals surface area contributed by atoms with Crippen LogP contribution >= 0.6 is 0 Å². The Labute approximate surface area is 110 Å². The third kappa shape index (κ3) is 3.45. The number of pyridine rings is 1. The fourth-order valence-electron chi connectivity index (χ4n) is 2.89. The summed E-state index contributed by atoms with van der Waals surface area (Å²) in [6, 6.07) is 4.32. The zero-order valence-electron chi connectivity index (χ0n) is 11.5. The molecule has 3 heteroatoms. The van der Waals surface area contributed by atoms with Gasteiger partial charge in [0.1, 0.15) is 5.75 Å². The van der Waals surface area contributed by atoms with E-state index in [1.165, 1.54) is 38.3 Å². The molecule has 1 fully saturated rings. The van der Waals surface area contributed by atoms with Crippen LogP contribution in [0.3, 0.4) is 0 Å². The molecule has 3 nitrogen and oxygen atoms in total. The van der Waals surface area contributed by atoms with Gasteiger partial charge < -0.3 is 5.11 Å². The molecule has 0 aromatic carbocycles. The van der Waals surface area contributed by atoms with Crippen LogP contribution in [0.2, 0.25) is 0 Å². The molecule has 1 aliphatic rings. The minimum absolute atomic E-state index is 0.241. The number of hydrogen-bond acceptors (Lipinski definition) is 3. The summed E-state index contributed by atoms with van der Waals surface area (Å²) in [7, 11) is 2.19. The third-order valence-corrected chi connectivity index (χ3v) is 4.24. The Morgan fingerprint density at radius 3 is 2.56 bits per heavy atom. The highest BCUT2D eigenvalue weighted by atomic mass is 16.3. The first-order chi connectivity index (χ1) is 8.69. The summed E-state index contributed by atoms with van der Waals surface area (Å²) in [5, 5.41) is 9.22. The number of aromatic nitrogens is 1. The van der Waals surface area contributed by atoms with E-state index < -0.39 is 0 Å². The molecule has 0 unspecified atom stereocenters. The maximum Gasteiger partial charge on any atom is 0.133 e. The van der Waals surface area contributed by atoms with Crippen LogP contribution in [0.1, 0.15) is 44.7 Å². The number of rotatable bonds is 4. The van der Waals surface area contributed by atoms with Gasteiger partial charge in [-0.25, -0.2) is 0 Å². The maximum absolute atomic E-state index is 9.22. The second kappa shape index (κ2) is 6.19. The van der Waals surface area contributed by atoms with Crippen molar-refractivity contribution < 1.29 is 5.11 Å². The van der Waals surface area contributed by atoms with Crippen molar-refractivity contribution in [3.05, 3.63) is 24.0 Å². The monoisotopic (exact) mass is 248 g/mol. The van der Waals surface area contributed by atoms with Crippen molar-refractivity contribution in [3.63, 3.8) is 0 Å². The highest BCUT2D eigenvalue weighted by Gasteiger charge is 2.23. The summed E-state index contributed by atoms with van der Waals surface area (Å²) in [5.74, 6) is 1.19. The largest absolute Gasteiger partial charge is 0.506 e. The minimum atomic E-state index is 0.241. The summed E-state index contributed by atoms with van der Waals surface area (Å²) >= 11 is 0. The van der Waals surface area contributed by atoms with Crippen LogP contribution in [0.25, 0.3) is 0 Å². The normalized spacial score (nSPS) is 24.4. The molecular formula is C15H24N2O. The van der Waals surface area contributed by atoms with E-state index in [0.29, 0.717) is 6.04 Å². The first-order valence-electron chi connectivity index (χ1n) is 7.03. The topological polar surface area (TPSA) is 36.4 Å². The molecule has 1 N–H and O–H groups in total. The quantitative estimate of drug-likeness (QED) is 0.889. The standard InChI is InChI=1S/C15H24N2O/c1-3-12-4-7-14(8-5-12)17(2)11-13-6-9-15(18)10-16-13/h6,9-10,12,14,18H,3-5,7-8,11H2,1-2H3. The van der Waals surface area contributed by atoms with Crippen molar-refractivity contribution in [2.45, 2.75) is 51.6 Å². The zero-order valence-corrected chi connectivity index (χ0v) is 11.5. The van der Waals surface area contributed by atoms with Crippen molar-refractivity contribution in [1.29, 1.82) is 0 Å². The van der Waals surface area contributed by atoms with Gasteiger partial charge in [0.25, 0.3) is 0 Å². The van der Waals surface area contributed by atoms with E-state index in [4.69, 9.17) is 0 Å². The molecule has 1 saturated carbocycles. The van der Waals surface area contributed by atoms with Gasteiger partial charge in [0.05, 0.1) is 11.9 Å². The Morgan fingerprint density at radius 2 is 2.00 bits per heavy atom. The van der Waals surface area contributed by atoms with Crippen molar-refractivity contribution >= 4 is 0 Å². The first-order valence-corrected chi connectivity index (χ1v) is 7.03. The van der Waals surface area contributed by atoms with Gasteiger partial charge in [-0.15, -0.1) is 0 Å². The molecule has 1 aromatic heterocycles. The molecule has 0 saturated heterocycles. The Bertz CT molecular complexity index is 355. The minimum Gasteiger partial charge on any atom is -0.506 e. The van der Waals surface area contributed by atoms with Crippen LogP contribution in [0, 0.1) is 5.92 Å². The summed E-state index contributed by atoms with van der Waals surface area (Å²) in [4.78, 5) is 6.66. The van der Waals surface area contributed by atoms with Crippen LogP contribution in [0.4, 0.5) is 0 Å². The lowest BCUT2D eigenvalue weighted by Gasteiger charge is -2.34. The fraction of sp³-hybridized carbons (Fsp3) is 0.667. The van der Waals surface area contributed by atoms with Gasteiger partial charge in [-0.3, -0.25) is 9.88 Å². The molecule has 1 aromatic rings. The molecule has 0 amide bonds. The molecular weight excluding hydrogens is 224 g/mol. The van der Waals surface area contributed by atoms with Crippen molar-refractivity contribution in [2.24, 2.45) is 5.92 Å². The summed E-state index contributed by atoms with van der Waals surface area (Å²) in [5.41, 5.74) is 1.04. The predicted molar refractivity (Wildman–Crippen MR) is 73.4 cm³/mol. The smallest absolute Gasteiger partial charge is 0.133 e. The SMILES string of the molecule is CCC1CCC(N(C)Cc2ccc(O)cn2)CC1. The van der Waals surface area contributed by atoms with E-state index in [0.717, 1.165) is 18.2 Å². The lowest BCUT2D eigenvalue weighted by atomic mass is 9.84. The number of aromatic hydroxyl groups is 1. The Kier molecular flexibility index (Phi) is 4.59. The zero-order chi connectivity index (χ0) is 13.0. The Morgan fingerprint density at radius 1 is 1.28 bits per heavy atom. The first kappa shape index (κ1) is 13.3. The van der Waals surface area contributed by atoms with Crippen LogP contribution in [-0.4, -0.2) is 28.1 Å². The highest BCUT2D eigenvalue weighted by molar-refractivity contribution is 5.17. The molecule has 0 bridgehead atoms. The van der Waals surface area contributed by atoms with Gasteiger partial charge in [-0.2, -0.15) is 0 Å². The van der Waals surface area contributed by atoms with Gasteiger partial charge in [0, 0.05) is 12.6 Å². The van der Waals surface area contributed by atoms with Gasteiger partial charge in [-0.05, 0) is 50.8 Å². The van der Waals surface area contributed by atoms with Gasteiger partial charge in [0.15, 0.2) is 0 Å². The van der Waals surface area contributed by atoms with Crippen molar-refractivity contribution in [1.82, 2.24) is 9.88 Å². The molecule has 18 heavy (non-hydrogen) atoms. The number of nitrogens with zero attached hydrogens (tertiary/aromatic N) is 2.